The Morgan fingerprint density at radius 1 is 1.11 bits per heavy atom. The number of aliphatic hydroxyl groups excluding tert-OH is 1. The number of pyridine rings is 1. The Kier molecular flexibility index (Phi) is 4.02. The molecule has 4 aromatic rings. The van der Waals surface area contributed by atoms with Crippen molar-refractivity contribution in [2.45, 2.75) is 25.5 Å². The minimum atomic E-state index is -0.297. The molecule has 7 heteroatoms. The van der Waals surface area contributed by atoms with Gasteiger partial charge in [-0.15, -0.1) is 0 Å². The van der Waals surface area contributed by atoms with Gasteiger partial charge in [0.1, 0.15) is 11.5 Å². The molecule has 140 valence electrons. The first-order chi connectivity index (χ1) is 13.7. The summed E-state index contributed by atoms with van der Waals surface area (Å²) in [4.78, 5) is 13.8. The van der Waals surface area contributed by atoms with E-state index in [0.717, 1.165) is 35.4 Å². The van der Waals surface area contributed by atoms with Crippen LogP contribution >= 0.6 is 0 Å². The van der Waals surface area contributed by atoms with Crippen LogP contribution in [0.25, 0.3) is 28.3 Å². The van der Waals surface area contributed by atoms with Gasteiger partial charge in [0.05, 0.1) is 23.7 Å². The molecule has 0 amide bonds. The second-order valence-corrected chi connectivity index (χ2v) is 6.92. The number of benzene rings is 1. The van der Waals surface area contributed by atoms with Gasteiger partial charge in [-0.1, -0.05) is 0 Å². The van der Waals surface area contributed by atoms with E-state index >= 15 is 0 Å². The van der Waals surface area contributed by atoms with Crippen molar-refractivity contribution in [1.82, 2.24) is 19.4 Å². The zero-order chi connectivity index (χ0) is 19.1. The van der Waals surface area contributed by atoms with Gasteiger partial charge < -0.3 is 10.4 Å². The summed E-state index contributed by atoms with van der Waals surface area (Å²) in [5.74, 6) is 0.293. The van der Waals surface area contributed by atoms with Crippen molar-refractivity contribution in [3.8, 4) is 22.6 Å². The van der Waals surface area contributed by atoms with E-state index in [4.69, 9.17) is 4.98 Å². The van der Waals surface area contributed by atoms with E-state index in [1.54, 1.807) is 18.3 Å². The molecule has 0 radical (unpaired) electrons. The summed E-state index contributed by atoms with van der Waals surface area (Å²) >= 11 is 0. The normalized spacial score (nSPS) is 13.8. The highest BCUT2D eigenvalue weighted by Gasteiger charge is 2.23. The number of imidazole rings is 1. The molecule has 3 heterocycles. The summed E-state index contributed by atoms with van der Waals surface area (Å²) < 4.78 is 15.4. The molecule has 1 aromatic carbocycles. The molecule has 1 aliphatic rings. The molecule has 1 saturated carbocycles. The summed E-state index contributed by atoms with van der Waals surface area (Å²) in [6, 6.07) is 12.2. The van der Waals surface area contributed by atoms with Gasteiger partial charge in [0.2, 0.25) is 5.95 Å². The van der Waals surface area contributed by atoms with Gasteiger partial charge in [0.25, 0.3) is 0 Å². The first-order valence-corrected chi connectivity index (χ1v) is 9.19. The number of nitrogens with zero attached hydrogens (tertiary/aromatic N) is 4. The second-order valence-electron chi connectivity index (χ2n) is 6.92. The highest BCUT2D eigenvalue weighted by molar-refractivity contribution is 5.80. The fourth-order valence-corrected chi connectivity index (χ4v) is 3.21. The first-order valence-electron chi connectivity index (χ1n) is 9.19. The maximum Gasteiger partial charge on any atom is 0.223 e. The number of hydrogen-bond donors (Lipinski definition) is 2. The topological polar surface area (TPSA) is 75.3 Å². The Morgan fingerprint density at radius 2 is 1.93 bits per heavy atom. The third-order valence-electron chi connectivity index (χ3n) is 4.80. The predicted octanol–water partition coefficient (Wildman–Crippen LogP) is 3.66. The fourth-order valence-electron chi connectivity index (χ4n) is 3.21. The molecule has 1 fully saturated rings. The van der Waals surface area contributed by atoms with Crippen LogP contribution in [0, 0.1) is 5.82 Å². The average molecular weight is 375 g/mol. The van der Waals surface area contributed by atoms with Crippen molar-refractivity contribution >= 4 is 11.6 Å². The van der Waals surface area contributed by atoms with Crippen LogP contribution in [0.5, 0.6) is 0 Å². The van der Waals surface area contributed by atoms with E-state index in [1.165, 1.54) is 12.1 Å². The molecule has 0 unspecified atom stereocenters. The van der Waals surface area contributed by atoms with E-state index < -0.39 is 0 Å². The molecule has 0 bridgehead atoms. The molecule has 1 aliphatic carbocycles. The van der Waals surface area contributed by atoms with Crippen molar-refractivity contribution < 1.29 is 9.50 Å². The minimum Gasteiger partial charge on any atom is -0.392 e. The lowest BCUT2D eigenvalue weighted by Gasteiger charge is -2.08. The van der Waals surface area contributed by atoms with Crippen LogP contribution in [0.2, 0.25) is 0 Å². The number of nitrogens with one attached hydrogen (secondary N) is 1. The quantitative estimate of drug-likeness (QED) is 0.557. The van der Waals surface area contributed by atoms with Crippen LogP contribution in [0.15, 0.2) is 54.9 Å². The van der Waals surface area contributed by atoms with Gasteiger partial charge in [-0.05, 0) is 60.9 Å². The lowest BCUT2D eigenvalue weighted by molar-refractivity contribution is 0.282. The predicted molar refractivity (Wildman–Crippen MR) is 104 cm³/mol. The monoisotopic (exact) mass is 375 g/mol. The zero-order valence-corrected chi connectivity index (χ0v) is 15.0. The highest BCUT2D eigenvalue weighted by Crippen LogP contribution is 2.33. The number of aliphatic hydroxyl groups is 1. The summed E-state index contributed by atoms with van der Waals surface area (Å²) in [6.07, 6.45) is 5.86. The lowest BCUT2D eigenvalue weighted by Crippen LogP contribution is -2.06. The Morgan fingerprint density at radius 3 is 2.68 bits per heavy atom. The van der Waals surface area contributed by atoms with Gasteiger partial charge in [-0.3, -0.25) is 4.40 Å². The third kappa shape index (κ3) is 3.10. The molecule has 6 nitrogen and oxygen atoms in total. The first kappa shape index (κ1) is 16.8. The van der Waals surface area contributed by atoms with Crippen molar-refractivity contribution in [2.75, 3.05) is 5.32 Å². The Balaban J connectivity index is 1.71. The zero-order valence-electron chi connectivity index (χ0n) is 15.0. The molecular formula is C21H18FN5O. The van der Waals surface area contributed by atoms with Gasteiger partial charge >= 0.3 is 0 Å². The van der Waals surface area contributed by atoms with E-state index in [0.29, 0.717) is 23.3 Å². The van der Waals surface area contributed by atoms with E-state index in [9.17, 15) is 9.50 Å². The number of hydrogen-bond acceptors (Lipinski definition) is 5. The molecule has 0 aliphatic heterocycles. The van der Waals surface area contributed by atoms with Crippen LogP contribution in [0.4, 0.5) is 10.3 Å². The Bertz CT molecular complexity index is 1150. The van der Waals surface area contributed by atoms with Gasteiger partial charge in [0.15, 0.2) is 0 Å². The molecule has 2 N–H and O–H groups in total. The lowest BCUT2D eigenvalue weighted by atomic mass is 10.1. The van der Waals surface area contributed by atoms with Crippen LogP contribution in [0.1, 0.15) is 18.4 Å². The van der Waals surface area contributed by atoms with Gasteiger partial charge in [-0.25, -0.2) is 19.3 Å². The standard InChI is InChI=1S/C21H18FN5O/c22-15-3-1-14(2-4-15)19-20(27-10-8-13(12-28)11-18(27)26-19)17-7-9-23-21(25-17)24-16-5-6-16/h1-4,7-11,16,28H,5-6,12H2,(H,23,24,25). The SMILES string of the molecule is OCc1ccn2c(-c3ccnc(NC4CC4)n3)c(-c3ccc(F)cc3)nc2c1. The molecule has 0 spiro atoms. The van der Waals surface area contributed by atoms with E-state index in [1.807, 2.05) is 28.8 Å². The fraction of sp³-hybridized carbons (Fsp3) is 0.190. The number of aromatic nitrogens is 4. The largest absolute Gasteiger partial charge is 0.392 e. The third-order valence-corrected chi connectivity index (χ3v) is 4.80. The van der Waals surface area contributed by atoms with Crippen molar-refractivity contribution in [1.29, 1.82) is 0 Å². The molecule has 3 aromatic heterocycles. The molecule has 5 rings (SSSR count). The van der Waals surface area contributed by atoms with Crippen molar-refractivity contribution in [2.24, 2.45) is 0 Å². The van der Waals surface area contributed by atoms with Gasteiger partial charge in [-0.2, -0.15) is 0 Å². The molecular weight excluding hydrogens is 357 g/mol. The van der Waals surface area contributed by atoms with E-state index in [-0.39, 0.29) is 12.4 Å². The van der Waals surface area contributed by atoms with Crippen LogP contribution < -0.4 is 5.32 Å². The van der Waals surface area contributed by atoms with Crippen molar-refractivity contribution in [3.05, 3.63) is 66.2 Å². The highest BCUT2D eigenvalue weighted by atomic mass is 19.1. The van der Waals surface area contributed by atoms with E-state index in [2.05, 4.69) is 15.3 Å². The minimum absolute atomic E-state index is 0.0620. The average Bonchev–Trinajstić information content (AvgIpc) is 3.45. The number of fused-ring (bicyclic) bond motifs is 1. The summed E-state index contributed by atoms with van der Waals surface area (Å²) in [6.45, 7) is -0.0620. The Hall–Kier alpha value is -3.32. The Labute approximate surface area is 160 Å². The molecule has 0 atom stereocenters. The number of rotatable bonds is 5. The van der Waals surface area contributed by atoms with Crippen molar-refractivity contribution in [3.63, 3.8) is 0 Å². The number of halogens is 1. The maximum atomic E-state index is 13.4. The molecule has 0 saturated heterocycles. The number of anilines is 1. The molecule has 28 heavy (non-hydrogen) atoms. The summed E-state index contributed by atoms with van der Waals surface area (Å²) in [7, 11) is 0. The van der Waals surface area contributed by atoms with Gasteiger partial charge in [0, 0.05) is 24.0 Å². The van der Waals surface area contributed by atoms with Crippen LogP contribution in [-0.4, -0.2) is 30.5 Å². The summed E-state index contributed by atoms with van der Waals surface area (Å²) in [5, 5.41) is 12.8. The smallest absolute Gasteiger partial charge is 0.223 e. The van der Waals surface area contributed by atoms with Crippen LogP contribution in [0.3, 0.4) is 0 Å². The maximum absolute atomic E-state index is 13.4. The second kappa shape index (κ2) is 6.69. The summed E-state index contributed by atoms with van der Waals surface area (Å²) in [5.41, 5.74) is 4.48. The van der Waals surface area contributed by atoms with Crippen LogP contribution in [-0.2, 0) is 6.61 Å².